The van der Waals surface area contributed by atoms with Crippen LogP contribution in [0.15, 0.2) is 48.5 Å². The Morgan fingerprint density at radius 2 is 1.83 bits per heavy atom. The van der Waals surface area contributed by atoms with E-state index in [4.69, 9.17) is 0 Å². The van der Waals surface area contributed by atoms with Crippen molar-refractivity contribution in [2.75, 3.05) is 0 Å². The standard InChI is InChI=1S/C16H15FO/c1-12-11-14(8-9-15(12)17)16(18)10-7-13-5-3-2-4-6-13/h2-6,8-9,11H,7,10H2,1H3. The average molecular weight is 242 g/mol. The van der Waals surface area contributed by atoms with E-state index in [-0.39, 0.29) is 11.6 Å². The Labute approximate surface area is 106 Å². The third-order valence-corrected chi connectivity index (χ3v) is 2.96. The Morgan fingerprint density at radius 3 is 2.50 bits per heavy atom. The predicted molar refractivity (Wildman–Crippen MR) is 70.2 cm³/mol. The number of hydrogen-bond donors (Lipinski definition) is 0. The summed E-state index contributed by atoms with van der Waals surface area (Å²) in [5.41, 5.74) is 2.25. The van der Waals surface area contributed by atoms with Crippen LogP contribution in [0.1, 0.15) is 27.9 Å². The molecule has 18 heavy (non-hydrogen) atoms. The van der Waals surface area contributed by atoms with E-state index in [2.05, 4.69) is 0 Å². The van der Waals surface area contributed by atoms with Crippen molar-refractivity contribution in [3.05, 3.63) is 71.0 Å². The molecule has 2 heteroatoms. The molecule has 2 aromatic carbocycles. The summed E-state index contributed by atoms with van der Waals surface area (Å²) >= 11 is 0. The number of hydrogen-bond acceptors (Lipinski definition) is 1. The number of ketones is 1. The van der Waals surface area contributed by atoms with E-state index >= 15 is 0 Å². The van der Waals surface area contributed by atoms with Crippen LogP contribution in [0.4, 0.5) is 4.39 Å². The fraction of sp³-hybridized carbons (Fsp3) is 0.188. The molecule has 0 bridgehead atoms. The lowest BCUT2D eigenvalue weighted by molar-refractivity contribution is 0.0982. The van der Waals surface area contributed by atoms with Crippen LogP contribution >= 0.6 is 0 Å². The van der Waals surface area contributed by atoms with Gasteiger partial charge in [0.2, 0.25) is 0 Å². The summed E-state index contributed by atoms with van der Waals surface area (Å²) in [4.78, 5) is 12.0. The van der Waals surface area contributed by atoms with Crippen LogP contribution < -0.4 is 0 Å². The molecule has 0 amide bonds. The number of carbonyl (C=O) groups excluding carboxylic acids is 1. The fourth-order valence-corrected chi connectivity index (χ4v) is 1.87. The molecule has 0 heterocycles. The maximum atomic E-state index is 13.1. The van der Waals surface area contributed by atoms with Gasteiger partial charge >= 0.3 is 0 Å². The Balaban J connectivity index is 2.02. The molecular weight excluding hydrogens is 227 g/mol. The number of carbonyl (C=O) groups is 1. The van der Waals surface area contributed by atoms with Crippen molar-refractivity contribution >= 4 is 5.78 Å². The van der Waals surface area contributed by atoms with Gasteiger partial charge < -0.3 is 0 Å². The summed E-state index contributed by atoms with van der Waals surface area (Å²) in [6, 6.07) is 14.4. The quantitative estimate of drug-likeness (QED) is 0.742. The second kappa shape index (κ2) is 5.58. The minimum absolute atomic E-state index is 0.0574. The topological polar surface area (TPSA) is 17.1 Å². The number of benzene rings is 2. The molecule has 2 rings (SSSR count). The lowest BCUT2D eigenvalue weighted by atomic mass is 10.0. The minimum Gasteiger partial charge on any atom is -0.294 e. The molecule has 0 aromatic heterocycles. The van der Waals surface area contributed by atoms with Crippen molar-refractivity contribution in [3.8, 4) is 0 Å². The first kappa shape index (κ1) is 12.5. The number of rotatable bonds is 4. The van der Waals surface area contributed by atoms with Crippen molar-refractivity contribution in [2.24, 2.45) is 0 Å². The second-order valence-corrected chi connectivity index (χ2v) is 4.37. The molecule has 0 spiro atoms. The van der Waals surface area contributed by atoms with Crippen molar-refractivity contribution in [1.29, 1.82) is 0 Å². The monoisotopic (exact) mass is 242 g/mol. The average Bonchev–Trinajstić information content (AvgIpc) is 2.40. The first-order chi connectivity index (χ1) is 8.66. The SMILES string of the molecule is Cc1cc(C(=O)CCc2ccccc2)ccc1F. The lowest BCUT2D eigenvalue weighted by Crippen LogP contribution is -2.02. The van der Waals surface area contributed by atoms with E-state index in [0.29, 0.717) is 17.5 Å². The van der Waals surface area contributed by atoms with Gasteiger partial charge in [-0.1, -0.05) is 30.3 Å². The van der Waals surface area contributed by atoms with Crippen LogP contribution in [-0.2, 0) is 6.42 Å². The highest BCUT2D eigenvalue weighted by atomic mass is 19.1. The van der Waals surface area contributed by atoms with Gasteiger partial charge in [0, 0.05) is 12.0 Å². The van der Waals surface area contributed by atoms with Gasteiger partial charge in [-0.2, -0.15) is 0 Å². The maximum Gasteiger partial charge on any atom is 0.163 e. The van der Waals surface area contributed by atoms with E-state index in [1.807, 2.05) is 30.3 Å². The van der Waals surface area contributed by atoms with Gasteiger partial charge in [-0.05, 0) is 42.7 Å². The Kier molecular flexibility index (Phi) is 3.88. The minimum atomic E-state index is -0.269. The molecule has 0 saturated carbocycles. The van der Waals surface area contributed by atoms with Gasteiger partial charge in [0.05, 0.1) is 0 Å². The van der Waals surface area contributed by atoms with Crippen LogP contribution in [-0.4, -0.2) is 5.78 Å². The molecule has 0 saturated heterocycles. The fourth-order valence-electron chi connectivity index (χ4n) is 1.87. The molecule has 0 aliphatic carbocycles. The molecule has 1 nitrogen and oxygen atoms in total. The van der Waals surface area contributed by atoms with Gasteiger partial charge in [0.25, 0.3) is 0 Å². The van der Waals surface area contributed by atoms with Crippen molar-refractivity contribution in [1.82, 2.24) is 0 Å². The maximum absolute atomic E-state index is 13.1. The van der Waals surface area contributed by atoms with E-state index < -0.39 is 0 Å². The molecule has 0 aliphatic rings. The van der Waals surface area contributed by atoms with Crippen molar-refractivity contribution in [2.45, 2.75) is 19.8 Å². The largest absolute Gasteiger partial charge is 0.294 e. The molecule has 92 valence electrons. The van der Waals surface area contributed by atoms with Gasteiger partial charge in [0.1, 0.15) is 5.82 Å². The molecule has 0 fully saturated rings. The predicted octanol–water partition coefficient (Wildman–Crippen LogP) is 3.95. The van der Waals surface area contributed by atoms with Gasteiger partial charge in [-0.25, -0.2) is 4.39 Å². The van der Waals surface area contributed by atoms with E-state index in [1.165, 1.54) is 6.07 Å². The highest BCUT2D eigenvalue weighted by molar-refractivity contribution is 5.96. The summed E-state index contributed by atoms with van der Waals surface area (Å²) in [6.07, 6.45) is 1.17. The van der Waals surface area contributed by atoms with Crippen LogP contribution in [0.5, 0.6) is 0 Å². The zero-order chi connectivity index (χ0) is 13.0. The first-order valence-corrected chi connectivity index (χ1v) is 6.00. The van der Waals surface area contributed by atoms with Crippen LogP contribution in [0.25, 0.3) is 0 Å². The Morgan fingerprint density at radius 1 is 1.11 bits per heavy atom. The molecule has 0 aliphatic heterocycles. The van der Waals surface area contributed by atoms with E-state index in [9.17, 15) is 9.18 Å². The van der Waals surface area contributed by atoms with Crippen LogP contribution in [0.2, 0.25) is 0 Å². The molecular formula is C16H15FO. The Bertz CT molecular complexity index is 546. The van der Waals surface area contributed by atoms with E-state index in [0.717, 1.165) is 12.0 Å². The second-order valence-electron chi connectivity index (χ2n) is 4.37. The summed E-state index contributed by atoms with van der Waals surface area (Å²) < 4.78 is 13.1. The Hall–Kier alpha value is -1.96. The van der Waals surface area contributed by atoms with Gasteiger partial charge in [0.15, 0.2) is 5.78 Å². The van der Waals surface area contributed by atoms with Crippen molar-refractivity contribution < 1.29 is 9.18 Å². The smallest absolute Gasteiger partial charge is 0.163 e. The van der Waals surface area contributed by atoms with Crippen LogP contribution in [0.3, 0.4) is 0 Å². The third kappa shape index (κ3) is 3.04. The van der Waals surface area contributed by atoms with Gasteiger partial charge in [-0.15, -0.1) is 0 Å². The highest BCUT2D eigenvalue weighted by Gasteiger charge is 2.08. The molecule has 0 N–H and O–H groups in total. The summed E-state index contributed by atoms with van der Waals surface area (Å²) in [5, 5.41) is 0. The normalized spacial score (nSPS) is 10.3. The summed E-state index contributed by atoms with van der Waals surface area (Å²) in [7, 11) is 0. The van der Waals surface area contributed by atoms with Crippen molar-refractivity contribution in [3.63, 3.8) is 0 Å². The summed E-state index contributed by atoms with van der Waals surface area (Å²) in [5.74, 6) is -0.212. The molecule has 0 unspecified atom stereocenters. The molecule has 0 atom stereocenters. The molecule has 2 aromatic rings. The highest BCUT2D eigenvalue weighted by Crippen LogP contribution is 2.12. The molecule has 0 radical (unpaired) electrons. The van der Waals surface area contributed by atoms with E-state index in [1.54, 1.807) is 19.1 Å². The third-order valence-electron chi connectivity index (χ3n) is 2.96. The zero-order valence-corrected chi connectivity index (χ0v) is 10.3. The summed E-state index contributed by atoms with van der Waals surface area (Å²) in [6.45, 7) is 1.67. The van der Waals surface area contributed by atoms with Crippen LogP contribution in [0, 0.1) is 12.7 Å². The lowest BCUT2D eigenvalue weighted by Gasteiger charge is -2.03. The number of halogens is 1. The first-order valence-electron chi connectivity index (χ1n) is 6.00. The zero-order valence-electron chi connectivity index (χ0n) is 10.3. The van der Waals surface area contributed by atoms with Gasteiger partial charge in [-0.3, -0.25) is 4.79 Å². The number of Topliss-reactive ketones (excluding diaryl/α,β-unsaturated/α-hetero) is 1. The number of aryl methyl sites for hydroxylation is 2.